The Balaban J connectivity index is 2.09. The topological polar surface area (TPSA) is 41.9 Å². The first-order valence-corrected chi connectivity index (χ1v) is 5.91. The molecular formula is C11H11IN4. The lowest BCUT2D eigenvalue weighted by molar-refractivity contribution is 0.863. The Hall–Kier alpha value is -1.24. The molecule has 0 atom stereocenters. The molecule has 0 bridgehead atoms. The molecule has 2 rings (SSSR count). The second-order valence-electron chi connectivity index (χ2n) is 3.41. The normalized spacial score (nSPS) is 10.1. The van der Waals surface area contributed by atoms with E-state index in [0.717, 1.165) is 16.1 Å². The summed E-state index contributed by atoms with van der Waals surface area (Å²) in [5.74, 6) is 0.734. The summed E-state index contributed by atoms with van der Waals surface area (Å²) in [5.41, 5.74) is 1.19. The molecule has 0 saturated heterocycles. The van der Waals surface area contributed by atoms with Crippen LogP contribution in [0.1, 0.15) is 5.56 Å². The van der Waals surface area contributed by atoms with Crippen LogP contribution in [0.3, 0.4) is 0 Å². The molecule has 0 aliphatic rings. The van der Waals surface area contributed by atoms with E-state index < -0.39 is 0 Å². The van der Waals surface area contributed by atoms with Crippen molar-refractivity contribution in [3.8, 4) is 0 Å². The summed E-state index contributed by atoms with van der Waals surface area (Å²) in [5, 5.41) is 0. The summed E-state index contributed by atoms with van der Waals surface area (Å²) in [6.07, 6.45) is 7.20. The molecule has 0 N–H and O–H groups in total. The number of halogens is 1. The van der Waals surface area contributed by atoms with Crippen LogP contribution >= 0.6 is 22.6 Å². The van der Waals surface area contributed by atoms with Crippen molar-refractivity contribution in [2.75, 3.05) is 11.9 Å². The van der Waals surface area contributed by atoms with Crippen LogP contribution in [0.25, 0.3) is 0 Å². The van der Waals surface area contributed by atoms with Gasteiger partial charge in [-0.25, -0.2) is 9.97 Å². The zero-order valence-corrected chi connectivity index (χ0v) is 11.0. The quantitative estimate of drug-likeness (QED) is 0.811. The maximum atomic E-state index is 4.27. The first-order chi connectivity index (χ1) is 7.75. The highest BCUT2D eigenvalue weighted by Gasteiger charge is 2.04. The standard InChI is InChI=1S/C11H11IN4/c1-16(8-9-2-4-13-5-3-9)11-14-6-10(12)7-15-11/h2-7H,8H2,1H3. The van der Waals surface area contributed by atoms with E-state index in [1.807, 2.05) is 36.5 Å². The van der Waals surface area contributed by atoms with E-state index in [0.29, 0.717) is 0 Å². The Morgan fingerprint density at radius 2 is 1.81 bits per heavy atom. The fraction of sp³-hybridized carbons (Fsp3) is 0.182. The Morgan fingerprint density at radius 3 is 2.44 bits per heavy atom. The van der Waals surface area contributed by atoms with E-state index in [4.69, 9.17) is 0 Å². The maximum absolute atomic E-state index is 4.27. The molecule has 0 amide bonds. The fourth-order valence-electron chi connectivity index (χ4n) is 1.34. The van der Waals surface area contributed by atoms with Crippen molar-refractivity contribution < 1.29 is 0 Å². The Labute approximate surface area is 108 Å². The van der Waals surface area contributed by atoms with Gasteiger partial charge in [-0.2, -0.15) is 0 Å². The van der Waals surface area contributed by atoms with Gasteiger partial charge in [0, 0.05) is 41.9 Å². The van der Waals surface area contributed by atoms with Crippen LogP contribution in [0, 0.1) is 3.57 Å². The number of aromatic nitrogens is 3. The average Bonchev–Trinajstić information content (AvgIpc) is 2.31. The van der Waals surface area contributed by atoms with Crippen LogP contribution in [-0.2, 0) is 6.54 Å². The third-order valence-corrected chi connectivity index (χ3v) is 2.67. The van der Waals surface area contributed by atoms with Crippen LogP contribution in [0.5, 0.6) is 0 Å². The number of nitrogens with zero attached hydrogens (tertiary/aromatic N) is 4. The van der Waals surface area contributed by atoms with Crippen LogP contribution in [0.4, 0.5) is 5.95 Å². The lowest BCUT2D eigenvalue weighted by atomic mass is 10.2. The van der Waals surface area contributed by atoms with Crippen LogP contribution < -0.4 is 4.90 Å². The minimum absolute atomic E-state index is 0.734. The molecular weight excluding hydrogens is 315 g/mol. The zero-order chi connectivity index (χ0) is 11.4. The van der Waals surface area contributed by atoms with Gasteiger partial charge in [0.2, 0.25) is 5.95 Å². The monoisotopic (exact) mass is 326 g/mol. The highest BCUT2D eigenvalue weighted by Crippen LogP contribution is 2.10. The first kappa shape index (κ1) is 11.3. The molecule has 2 heterocycles. The third kappa shape index (κ3) is 2.88. The molecule has 0 fully saturated rings. The number of rotatable bonds is 3. The van der Waals surface area contributed by atoms with Gasteiger partial charge in [0.05, 0.1) is 0 Å². The van der Waals surface area contributed by atoms with Crippen molar-refractivity contribution in [1.82, 2.24) is 15.0 Å². The Kier molecular flexibility index (Phi) is 3.66. The minimum Gasteiger partial charge on any atom is -0.340 e. The smallest absolute Gasteiger partial charge is 0.225 e. The first-order valence-electron chi connectivity index (χ1n) is 4.83. The molecule has 5 heteroatoms. The molecule has 2 aromatic heterocycles. The predicted molar refractivity (Wildman–Crippen MR) is 71.1 cm³/mol. The van der Waals surface area contributed by atoms with Gasteiger partial charge in [-0.1, -0.05) is 0 Å². The number of hydrogen-bond acceptors (Lipinski definition) is 4. The maximum Gasteiger partial charge on any atom is 0.225 e. The molecule has 16 heavy (non-hydrogen) atoms. The Morgan fingerprint density at radius 1 is 1.19 bits per heavy atom. The summed E-state index contributed by atoms with van der Waals surface area (Å²) in [6.45, 7) is 0.781. The molecule has 0 aromatic carbocycles. The van der Waals surface area contributed by atoms with Gasteiger partial charge in [-0.05, 0) is 40.3 Å². The summed E-state index contributed by atoms with van der Waals surface area (Å²) < 4.78 is 1.04. The van der Waals surface area contributed by atoms with Crippen molar-refractivity contribution in [1.29, 1.82) is 0 Å². The second-order valence-corrected chi connectivity index (χ2v) is 4.66. The minimum atomic E-state index is 0.734. The van der Waals surface area contributed by atoms with Crippen molar-refractivity contribution in [2.45, 2.75) is 6.54 Å². The van der Waals surface area contributed by atoms with Gasteiger partial charge >= 0.3 is 0 Å². The van der Waals surface area contributed by atoms with Crippen molar-refractivity contribution in [3.05, 3.63) is 46.1 Å². The zero-order valence-electron chi connectivity index (χ0n) is 8.84. The molecule has 0 unspecified atom stereocenters. The summed E-state index contributed by atoms with van der Waals surface area (Å²) in [4.78, 5) is 14.5. The van der Waals surface area contributed by atoms with E-state index >= 15 is 0 Å². The fourth-order valence-corrected chi connectivity index (χ4v) is 1.61. The van der Waals surface area contributed by atoms with Crippen molar-refractivity contribution in [3.63, 3.8) is 0 Å². The molecule has 82 valence electrons. The molecule has 0 radical (unpaired) electrons. The van der Waals surface area contributed by atoms with Gasteiger partial charge in [-0.15, -0.1) is 0 Å². The number of anilines is 1. The predicted octanol–water partition coefficient (Wildman–Crippen LogP) is 2.11. The number of pyridine rings is 1. The second kappa shape index (κ2) is 5.20. The van der Waals surface area contributed by atoms with Gasteiger partial charge in [0.25, 0.3) is 0 Å². The van der Waals surface area contributed by atoms with Gasteiger partial charge in [0.1, 0.15) is 0 Å². The lowest BCUT2D eigenvalue weighted by Crippen LogP contribution is -2.18. The lowest BCUT2D eigenvalue weighted by Gasteiger charge is -2.16. The van der Waals surface area contributed by atoms with Gasteiger partial charge < -0.3 is 4.90 Å². The third-order valence-electron chi connectivity index (χ3n) is 2.12. The average molecular weight is 326 g/mol. The van der Waals surface area contributed by atoms with Crippen molar-refractivity contribution >= 4 is 28.5 Å². The summed E-state index contributed by atoms with van der Waals surface area (Å²) >= 11 is 2.19. The highest BCUT2D eigenvalue weighted by atomic mass is 127. The molecule has 0 aliphatic carbocycles. The van der Waals surface area contributed by atoms with Gasteiger partial charge in [0.15, 0.2) is 0 Å². The summed E-state index contributed by atoms with van der Waals surface area (Å²) in [6, 6.07) is 3.98. The van der Waals surface area contributed by atoms with Crippen LogP contribution in [0.15, 0.2) is 36.9 Å². The highest BCUT2D eigenvalue weighted by molar-refractivity contribution is 14.1. The van der Waals surface area contributed by atoms with Gasteiger partial charge in [-0.3, -0.25) is 4.98 Å². The molecule has 0 aliphatic heterocycles. The number of hydrogen-bond donors (Lipinski definition) is 0. The van der Waals surface area contributed by atoms with Crippen LogP contribution in [0.2, 0.25) is 0 Å². The van der Waals surface area contributed by atoms with E-state index in [1.54, 1.807) is 12.4 Å². The summed E-state index contributed by atoms with van der Waals surface area (Å²) in [7, 11) is 1.97. The largest absolute Gasteiger partial charge is 0.340 e. The molecule has 4 nitrogen and oxygen atoms in total. The van der Waals surface area contributed by atoms with E-state index in [-0.39, 0.29) is 0 Å². The SMILES string of the molecule is CN(Cc1ccncc1)c1ncc(I)cn1. The molecule has 2 aromatic rings. The van der Waals surface area contributed by atoms with E-state index in [9.17, 15) is 0 Å². The van der Waals surface area contributed by atoms with E-state index in [1.165, 1.54) is 5.56 Å². The molecule has 0 saturated carbocycles. The Bertz CT molecular complexity index is 443. The molecule has 0 spiro atoms. The van der Waals surface area contributed by atoms with Crippen molar-refractivity contribution in [2.24, 2.45) is 0 Å². The van der Waals surface area contributed by atoms with E-state index in [2.05, 4.69) is 37.5 Å². The van der Waals surface area contributed by atoms with Crippen LogP contribution in [-0.4, -0.2) is 22.0 Å².